The Bertz CT molecular complexity index is 701. The minimum atomic E-state index is -0.359. The van der Waals surface area contributed by atoms with Crippen molar-refractivity contribution in [3.8, 4) is 0 Å². The molecule has 6 nitrogen and oxygen atoms in total. The van der Waals surface area contributed by atoms with Crippen LogP contribution in [0, 0.1) is 5.41 Å². The van der Waals surface area contributed by atoms with E-state index >= 15 is 0 Å². The van der Waals surface area contributed by atoms with Gasteiger partial charge in [0.1, 0.15) is 0 Å². The summed E-state index contributed by atoms with van der Waals surface area (Å²) >= 11 is 1.44. The third-order valence-electron chi connectivity index (χ3n) is 3.93. The van der Waals surface area contributed by atoms with Gasteiger partial charge < -0.3 is 10.6 Å². The smallest absolute Gasteiger partial charge is 0.321 e. The van der Waals surface area contributed by atoms with Crippen LogP contribution in [-0.2, 0) is 22.5 Å². The van der Waals surface area contributed by atoms with Crippen LogP contribution < -0.4 is 10.8 Å². The number of nitrogens with one attached hydrogen (secondary N) is 1. The Morgan fingerprint density at radius 3 is 2.96 bits per heavy atom. The minimum absolute atomic E-state index is 0.253. The Morgan fingerprint density at radius 1 is 1.48 bits per heavy atom. The molecule has 1 aliphatic rings. The van der Waals surface area contributed by atoms with E-state index in [2.05, 4.69) is 17.1 Å². The van der Waals surface area contributed by atoms with Crippen LogP contribution in [0.4, 0.5) is 5.13 Å². The highest BCUT2D eigenvalue weighted by molar-refractivity contribution is 7.15. The van der Waals surface area contributed by atoms with Crippen LogP contribution in [0.25, 0.3) is 0 Å². The summed E-state index contributed by atoms with van der Waals surface area (Å²) < 4.78 is 0. The van der Waals surface area contributed by atoms with Gasteiger partial charge in [-0.3, -0.25) is 10.2 Å². The summed E-state index contributed by atoms with van der Waals surface area (Å²) in [6.07, 6.45) is 4.09. The SMILES string of the molecule is N=C(N)N(OC=O)c1nc2c(s1)CCCC2Cc1ccccc1. The zero-order valence-corrected chi connectivity index (χ0v) is 13.4. The average molecular weight is 330 g/mol. The molecule has 1 aliphatic carbocycles. The number of nitrogens with two attached hydrogens (primary N) is 1. The quantitative estimate of drug-likeness (QED) is 0.380. The van der Waals surface area contributed by atoms with E-state index in [0.29, 0.717) is 11.0 Å². The molecule has 3 N–H and O–H groups in total. The van der Waals surface area contributed by atoms with E-state index in [9.17, 15) is 4.79 Å². The lowest BCUT2D eigenvalue weighted by Gasteiger charge is -2.21. The molecular weight excluding hydrogens is 312 g/mol. The van der Waals surface area contributed by atoms with Crippen molar-refractivity contribution in [2.45, 2.75) is 31.6 Å². The molecule has 0 aliphatic heterocycles. The van der Waals surface area contributed by atoms with Gasteiger partial charge in [-0.25, -0.2) is 4.98 Å². The fraction of sp³-hybridized carbons (Fsp3) is 0.312. The molecule has 0 bridgehead atoms. The van der Waals surface area contributed by atoms with E-state index in [1.807, 2.05) is 18.2 Å². The number of aryl methyl sites for hydroxylation is 1. The Morgan fingerprint density at radius 2 is 2.26 bits per heavy atom. The molecule has 1 unspecified atom stereocenters. The van der Waals surface area contributed by atoms with Crippen LogP contribution in [0.2, 0.25) is 0 Å². The fourth-order valence-corrected chi connectivity index (χ4v) is 4.08. The van der Waals surface area contributed by atoms with Gasteiger partial charge in [0.2, 0.25) is 11.1 Å². The number of hydroxylamine groups is 1. The highest BCUT2D eigenvalue weighted by Crippen LogP contribution is 2.39. The molecule has 0 saturated heterocycles. The molecule has 0 saturated carbocycles. The van der Waals surface area contributed by atoms with Crippen molar-refractivity contribution in [2.75, 3.05) is 5.06 Å². The highest BCUT2D eigenvalue weighted by Gasteiger charge is 2.27. The van der Waals surface area contributed by atoms with Gasteiger partial charge in [-0.15, -0.1) is 5.06 Å². The predicted molar refractivity (Wildman–Crippen MR) is 89.5 cm³/mol. The lowest BCUT2D eigenvalue weighted by Crippen LogP contribution is -2.36. The first kappa shape index (κ1) is 15.5. The van der Waals surface area contributed by atoms with Gasteiger partial charge in [-0.05, 0) is 31.2 Å². The second kappa shape index (κ2) is 6.78. The number of carbonyl (C=O) groups excluding carboxylic acids is 1. The number of fused-ring (bicyclic) bond motifs is 1. The van der Waals surface area contributed by atoms with E-state index < -0.39 is 0 Å². The third kappa shape index (κ3) is 3.34. The van der Waals surface area contributed by atoms with E-state index in [0.717, 1.165) is 36.4 Å². The maximum atomic E-state index is 10.6. The van der Waals surface area contributed by atoms with Gasteiger partial charge >= 0.3 is 6.47 Å². The third-order valence-corrected chi connectivity index (χ3v) is 5.02. The van der Waals surface area contributed by atoms with E-state index in [1.165, 1.54) is 21.8 Å². The van der Waals surface area contributed by atoms with E-state index in [-0.39, 0.29) is 12.4 Å². The maximum Gasteiger partial charge on any atom is 0.321 e. The Labute approximate surface area is 138 Å². The zero-order valence-electron chi connectivity index (χ0n) is 12.6. The molecule has 1 heterocycles. The molecule has 7 heteroatoms. The number of benzene rings is 1. The summed E-state index contributed by atoms with van der Waals surface area (Å²) in [6.45, 7) is 0.253. The molecule has 3 rings (SSSR count). The highest BCUT2D eigenvalue weighted by atomic mass is 32.1. The molecular formula is C16H18N4O2S. The predicted octanol–water partition coefficient (Wildman–Crippen LogP) is 2.59. The lowest BCUT2D eigenvalue weighted by molar-refractivity contribution is -0.128. The molecule has 1 aromatic carbocycles. The summed E-state index contributed by atoms with van der Waals surface area (Å²) in [6, 6.07) is 10.3. The van der Waals surface area contributed by atoms with Crippen LogP contribution in [0.3, 0.4) is 0 Å². The minimum Gasteiger partial charge on any atom is -0.367 e. The van der Waals surface area contributed by atoms with Crippen LogP contribution in [-0.4, -0.2) is 17.4 Å². The number of thiazole rings is 1. The van der Waals surface area contributed by atoms with Gasteiger partial charge in [0.05, 0.1) is 5.69 Å². The topological polar surface area (TPSA) is 92.3 Å². The second-order valence-corrected chi connectivity index (χ2v) is 6.53. The first-order valence-corrected chi connectivity index (χ1v) is 8.28. The second-order valence-electron chi connectivity index (χ2n) is 5.46. The molecule has 23 heavy (non-hydrogen) atoms. The van der Waals surface area contributed by atoms with Gasteiger partial charge in [0.15, 0.2) is 0 Å². The number of nitrogens with zero attached hydrogens (tertiary/aromatic N) is 2. The summed E-state index contributed by atoms with van der Waals surface area (Å²) in [5.74, 6) is -0.0148. The summed E-state index contributed by atoms with van der Waals surface area (Å²) in [5, 5.41) is 8.93. The van der Waals surface area contributed by atoms with Crippen molar-refractivity contribution in [1.82, 2.24) is 4.98 Å². The van der Waals surface area contributed by atoms with Crippen LogP contribution in [0.1, 0.15) is 34.9 Å². The summed E-state index contributed by atoms with van der Waals surface area (Å²) in [5.41, 5.74) is 7.79. The van der Waals surface area contributed by atoms with E-state index in [1.54, 1.807) is 0 Å². The van der Waals surface area contributed by atoms with Gasteiger partial charge in [-0.1, -0.05) is 41.7 Å². The van der Waals surface area contributed by atoms with Gasteiger partial charge in [0.25, 0.3) is 0 Å². The Kier molecular flexibility index (Phi) is 4.57. The number of rotatable bonds is 5. The lowest BCUT2D eigenvalue weighted by atomic mass is 9.86. The fourth-order valence-electron chi connectivity index (χ4n) is 2.93. The summed E-state index contributed by atoms with van der Waals surface area (Å²) in [4.78, 5) is 21.2. The zero-order chi connectivity index (χ0) is 16.2. The molecule has 1 atom stereocenters. The maximum absolute atomic E-state index is 10.6. The van der Waals surface area contributed by atoms with Crippen molar-refractivity contribution in [1.29, 1.82) is 5.41 Å². The van der Waals surface area contributed by atoms with Crippen molar-refractivity contribution >= 4 is 28.9 Å². The number of guanidine groups is 1. The average Bonchev–Trinajstić information content (AvgIpc) is 2.98. The van der Waals surface area contributed by atoms with Crippen molar-refractivity contribution in [2.24, 2.45) is 5.73 Å². The molecule has 0 radical (unpaired) electrons. The van der Waals surface area contributed by atoms with E-state index in [4.69, 9.17) is 16.0 Å². The number of hydrogen-bond donors (Lipinski definition) is 2. The molecule has 0 fully saturated rings. The van der Waals surface area contributed by atoms with Crippen LogP contribution >= 0.6 is 11.3 Å². The number of anilines is 1. The number of hydrogen-bond acceptors (Lipinski definition) is 5. The first-order chi connectivity index (χ1) is 11.2. The molecule has 2 aromatic rings. The molecule has 120 valence electrons. The number of carbonyl (C=O) groups is 1. The van der Waals surface area contributed by atoms with Crippen molar-refractivity contribution in [3.63, 3.8) is 0 Å². The Hall–Kier alpha value is -2.41. The monoisotopic (exact) mass is 330 g/mol. The normalized spacial score (nSPS) is 16.4. The van der Waals surface area contributed by atoms with Crippen LogP contribution in [0.15, 0.2) is 30.3 Å². The molecule has 1 aromatic heterocycles. The molecule has 0 amide bonds. The largest absolute Gasteiger partial charge is 0.367 e. The van der Waals surface area contributed by atoms with Crippen molar-refractivity contribution < 1.29 is 9.63 Å². The molecule has 0 spiro atoms. The van der Waals surface area contributed by atoms with Crippen molar-refractivity contribution in [3.05, 3.63) is 46.5 Å². The van der Waals surface area contributed by atoms with Gasteiger partial charge in [0, 0.05) is 10.8 Å². The van der Waals surface area contributed by atoms with Crippen LogP contribution in [0.5, 0.6) is 0 Å². The first-order valence-electron chi connectivity index (χ1n) is 7.47. The Balaban J connectivity index is 1.87. The van der Waals surface area contributed by atoms with Gasteiger partial charge in [-0.2, -0.15) is 0 Å². The number of aromatic nitrogens is 1. The standard InChI is InChI=1S/C16H18N4O2S/c17-15(18)20(22-10-21)16-19-14-12(7-4-8-13(14)23-16)9-11-5-2-1-3-6-11/h1-3,5-6,10,12H,4,7-9H2,(H3,17,18). The summed E-state index contributed by atoms with van der Waals surface area (Å²) in [7, 11) is 0.